The summed E-state index contributed by atoms with van der Waals surface area (Å²) in [6.07, 6.45) is 0. The van der Waals surface area contributed by atoms with E-state index < -0.39 is 17.2 Å². The van der Waals surface area contributed by atoms with E-state index in [9.17, 15) is 9.59 Å². The summed E-state index contributed by atoms with van der Waals surface area (Å²) in [5.74, 6) is -1.12. The summed E-state index contributed by atoms with van der Waals surface area (Å²) >= 11 is 0. The third kappa shape index (κ3) is 3.01. The molecule has 5 heteroatoms. The number of hydrogen-bond donors (Lipinski definition) is 2. The van der Waals surface area contributed by atoms with Crippen molar-refractivity contribution in [2.75, 3.05) is 6.54 Å². The van der Waals surface area contributed by atoms with Crippen LogP contribution in [0.25, 0.3) is 0 Å². The first kappa shape index (κ1) is 10.4. The molecule has 12 heavy (non-hydrogen) atoms. The molecule has 0 rings (SSSR count). The van der Waals surface area contributed by atoms with Gasteiger partial charge in [0.05, 0.1) is 12.6 Å². The number of nitrogens with two attached hydrogens (primary N) is 1. The molecule has 0 saturated heterocycles. The van der Waals surface area contributed by atoms with Gasteiger partial charge in [-0.1, -0.05) is 0 Å². The number of carbonyl (C=O) groups excluding carboxylic acids is 2. The van der Waals surface area contributed by atoms with Gasteiger partial charge in [-0.3, -0.25) is 9.59 Å². The van der Waals surface area contributed by atoms with Gasteiger partial charge in [0.25, 0.3) is 0 Å². The van der Waals surface area contributed by atoms with E-state index in [0.29, 0.717) is 0 Å². The predicted molar refractivity (Wildman–Crippen MR) is 41.6 cm³/mol. The minimum atomic E-state index is -1.12. The Morgan fingerprint density at radius 1 is 1.58 bits per heavy atom. The largest absolute Gasteiger partial charge is 0.368 e. The Kier molecular flexibility index (Phi) is 3.23. The topological polar surface area (TPSA) is 96.0 Å². The lowest BCUT2D eigenvalue weighted by Crippen LogP contribution is -2.40. The first-order valence-corrected chi connectivity index (χ1v) is 3.38. The smallest absolute Gasteiger partial charge is 0.240 e. The molecule has 3 N–H and O–H groups in total. The quantitative estimate of drug-likeness (QED) is 0.575. The maximum atomic E-state index is 11.1. The van der Waals surface area contributed by atoms with Crippen molar-refractivity contribution < 1.29 is 9.59 Å². The summed E-state index contributed by atoms with van der Waals surface area (Å²) < 4.78 is 0. The second-order valence-corrected chi connectivity index (χ2v) is 2.89. The molecule has 0 aromatic rings. The van der Waals surface area contributed by atoms with Crippen molar-refractivity contribution in [3.63, 3.8) is 0 Å². The molecule has 0 aliphatic carbocycles. The highest BCUT2D eigenvalue weighted by atomic mass is 16.2. The van der Waals surface area contributed by atoms with Crippen LogP contribution in [0.2, 0.25) is 0 Å². The van der Waals surface area contributed by atoms with Crippen LogP contribution >= 0.6 is 0 Å². The Balaban J connectivity index is 4.07. The second kappa shape index (κ2) is 3.72. The van der Waals surface area contributed by atoms with Gasteiger partial charge < -0.3 is 11.1 Å². The van der Waals surface area contributed by atoms with E-state index in [0.717, 1.165) is 0 Å². The van der Waals surface area contributed by atoms with E-state index in [1.807, 2.05) is 0 Å². The second-order valence-electron chi connectivity index (χ2n) is 2.89. The SMILES string of the molecule is CC(C)(C#N)C(=O)NCC(N)=O. The first-order valence-electron chi connectivity index (χ1n) is 3.38. The van der Waals surface area contributed by atoms with Gasteiger partial charge in [0.2, 0.25) is 11.8 Å². The molecule has 0 heterocycles. The van der Waals surface area contributed by atoms with Crippen LogP contribution in [0.15, 0.2) is 0 Å². The number of hydrogen-bond acceptors (Lipinski definition) is 3. The maximum Gasteiger partial charge on any atom is 0.240 e. The summed E-state index contributed by atoms with van der Waals surface area (Å²) in [7, 11) is 0. The lowest BCUT2D eigenvalue weighted by Gasteiger charge is -2.13. The van der Waals surface area contributed by atoms with Gasteiger partial charge >= 0.3 is 0 Å². The van der Waals surface area contributed by atoms with Gasteiger partial charge in [0, 0.05) is 0 Å². The van der Waals surface area contributed by atoms with Gasteiger partial charge in [-0.25, -0.2) is 0 Å². The van der Waals surface area contributed by atoms with E-state index in [-0.39, 0.29) is 6.54 Å². The molecule has 0 aromatic carbocycles. The normalized spacial score (nSPS) is 10.1. The van der Waals surface area contributed by atoms with Gasteiger partial charge in [0.1, 0.15) is 5.41 Å². The number of amides is 2. The van der Waals surface area contributed by atoms with Crippen LogP contribution in [0.1, 0.15) is 13.8 Å². The van der Waals surface area contributed by atoms with Crippen molar-refractivity contribution >= 4 is 11.8 Å². The van der Waals surface area contributed by atoms with Crippen molar-refractivity contribution in [1.29, 1.82) is 5.26 Å². The number of nitrogens with one attached hydrogen (secondary N) is 1. The third-order valence-electron chi connectivity index (χ3n) is 1.27. The van der Waals surface area contributed by atoms with Crippen molar-refractivity contribution in [3.05, 3.63) is 0 Å². The highest BCUT2D eigenvalue weighted by Gasteiger charge is 2.26. The number of carbonyl (C=O) groups is 2. The molecule has 0 atom stereocenters. The summed E-state index contributed by atoms with van der Waals surface area (Å²) in [5.41, 5.74) is 3.67. The van der Waals surface area contributed by atoms with Crippen LogP contribution in [-0.2, 0) is 9.59 Å². The molecule has 0 aliphatic heterocycles. The van der Waals surface area contributed by atoms with Crippen LogP contribution in [0.3, 0.4) is 0 Å². The van der Waals surface area contributed by atoms with Gasteiger partial charge in [0.15, 0.2) is 0 Å². The standard InChI is InChI=1S/C7H11N3O2/c1-7(2,4-8)6(12)10-3-5(9)11/h3H2,1-2H3,(H2,9,11)(H,10,12). The van der Waals surface area contributed by atoms with E-state index in [2.05, 4.69) is 5.32 Å². The van der Waals surface area contributed by atoms with E-state index in [1.54, 1.807) is 6.07 Å². The highest BCUT2D eigenvalue weighted by Crippen LogP contribution is 2.11. The molecular formula is C7H11N3O2. The zero-order chi connectivity index (χ0) is 9.78. The minimum Gasteiger partial charge on any atom is -0.368 e. The van der Waals surface area contributed by atoms with Crippen LogP contribution < -0.4 is 11.1 Å². The average molecular weight is 169 g/mol. The molecule has 0 unspecified atom stereocenters. The summed E-state index contributed by atoms with van der Waals surface area (Å²) in [5, 5.41) is 10.7. The van der Waals surface area contributed by atoms with Gasteiger partial charge in [-0.2, -0.15) is 5.26 Å². The van der Waals surface area contributed by atoms with E-state index in [1.165, 1.54) is 13.8 Å². The lowest BCUT2D eigenvalue weighted by molar-refractivity contribution is -0.129. The van der Waals surface area contributed by atoms with Gasteiger partial charge in [-0.05, 0) is 13.8 Å². The van der Waals surface area contributed by atoms with Crippen molar-refractivity contribution in [1.82, 2.24) is 5.32 Å². The predicted octanol–water partition coefficient (Wildman–Crippen LogP) is -0.862. The molecule has 0 bridgehead atoms. The molecule has 66 valence electrons. The number of nitriles is 1. The first-order chi connectivity index (χ1) is 5.40. The Labute approximate surface area is 70.5 Å². The molecule has 0 spiro atoms. The molecule has 0 radical (unpaired) electrons. The fourth-order valence-electron chi connectivity index (χ4n) is 0.439. The molecule has 0 aromatic heterocycles. The molecule has 0 fully saturated rings. The van der Waals surface area contributed by atoms with Crippen molar-refractivity contribution in [2.45, 2.75) is 13.8 Å². The average Bonchev–Trinajstić information content (AvgIpc) is 2.00. The fraction of sp³-hybridized carbons (Fsp3) is 0.571. The van der Waals surface area contributed by atoms with Crippen LogP contribution in [0.5, 0.6) is 0 Å². The molecule has 2 amide bonds. The molecule has 0 aliphatic rings. The molecule has 0 saturated carbocycles. The van der Waals surface area contributed by atoms with Crippen LogP contribution in [0.4, 0.5) is 0 Å². The Morgan fingerprint density at radius 2 is 2.08 bits per heavy atom. The zero-order valence-corrected chi connectivity index (χ0v) is 7.05. The number of nitrogens with zero attached hydrogens (tertiary/aromatic N) is 1. The molecule has 5 nitrogen and oxygen atoms in total. The van der Waals surface area contributed by atoms with E-state index in [4.69, 9.17) is 11.0 Å². The Morgan fingerprint density at radius 3 is 2.42 bits per heavy atom. The maximum absolute atomic E-state index is 11.1. The lowest BCUT2D eigenvalue weighted by atomic mass is 9.95. The minimum absolute atomic E-state index is 0.232. The van der Waals surface area contributed by atoms with Crippen molar-refractivity contribution in [3.8, 4) is 6.07 Å². The third-order valence-corrected chi connectivity index (χ3v) is 1.27. The number of rotatable bonds is 3. The van der Waals surface area contributed by atoms with Crippen molar-refractivity contribution in [2.24, 2.45) is 11.1 Å². The highest BCUT2D eigenvalue weighted by molar-refractivity contribution is 5.88. The Bertz CT molecular complexity index is 240. The summed E-state index contributed by atoms with van der Waals surface area (Å²) in [6, 6.07) is 1.80. The van der Waals surface area contributed by atoms with E-state index >= 15 is 0 Å². The zero-order valence-electron chi connectivity index (χ0n) is 7.05. The Hall–Kier alpha value is -1.57. The van der Waals surface area contributed by atoms with Crippen LogP contribution in [0, 0.1) is 16.7 Å². The monoisotopic (exact) mass is 169 g/mol. The van der Waals surface area contributed by atoms with Gasteiger partial charge in [-0.15, -0.1) is 0 Å². The summed E-state index contributed by atoms with van der Waals surface area (Å²) in [4.78, 5) is 21.3. The number of primary amides is 1. The van der Waals surface area contributed by atoms with Crippen LogP contribution in [-0.4, -0.2) is 18.4 Å². The fourth-order valence-corrected chi connectivity index (χ4v) is 0.439. The molecular weight excluding hydrogens is 158 g/mol. The summed E-state index contributed by atoms with van der Waals surface area (Å²) in [6.45, 7) is 2.69.